The van der Waals surface area contributed by atoms with Crippen LogP contribution in [0.5, 0.6) is 0 Å². The summed E-state index contributed by atoms with van der Waals surface area (Å²) in [5.74, 6) is 1.13. The molecule has 0 bridgehead atoms. The van der Waals surface area contributed by atoms with E-state index in [9.17, 15) is 4.79 Å². The van der Waals surface area contributed by atoms with Gasteiger partial charge in [0.1, 0.15) is 0 Å². The summed E-state index contributed by atoms with van der Waals surface area (Å²) in [4.78, 5) is 15.0. The molecule has 19 heavy (non-hydrogen) atoms. The zero-order valence-corrected chi connectivity index (χ0v) is 12.7. The van der Waals surface area contributed by atoms with Gasteiger partial charge in [0.15, 0.2) is 0 Å². The number of hydrogen-bond donors (Lipinski definition) is 1. The van der Waals surface area contributed by atoms with E-state index in [2.05, 4.69) is 24.1 Å². The standard InChI is InChI=1S/C16H30N2O/c1-3-7-14-8-5-6-11-18(14)16(19)15-12-13(4-2)9-10-17-15/h13-15,17H,3-12H2,1-2H3. The second-order valence-electron chi connectivity index (χ2n) is 6.28. The molecule has 2 aliphatic heterocycles. The Kier molecular flexibility index (Phi) is 5.68. The Labute approximate surface area is 118 Å². The van der Waals surface area contributed by atoms with Gasteiger partial charge in [0, 0.05) is 12.6 Å². The van der Waals surface area contributed by atoms with Crippen LogP contribution in [0.1, 0.15) is 65.2 Å². The van der Waals surface area contributed by atoms with Crippen LogP contribution in [0, 0.1) is 5.92 Å². The van der Waals surface area contributed by atoms with E-state index in [4.69, 9.17) is 0 Å². The van der Waals surface area contributed by atoms with E-state index in [1.165, 1.54) is 44.9 Å². The van der Waals surface area contributed by atoms with E-state index in [0.717, 1.165) is 25.4 Å². The average molecular weight is 266 g/mol. The highest BCUT2D eigenvalue weighted by Gasteiger charge is 2.33. The first-order chi connectivity index (χ1) is 9.26. The summed E-state index contributed by atoms with van der Waals surface area (Å²) in [6, 6.07) is 0.603. The summed E-state index contributed by atoms with van der Waals surface area (Å²) in [6.45, 7) is 6.47. The number of likely N-dealkylation sites (tertiary alicyclic amines) is 1. The lowest BCUT2D eigenvalue weighted by atomic mass is 9.88. The van der Waals surface area contributed by atoms with E-state index in [0.29, 0.717) is 11.9 Å². The predicted octanol–water partition coefficient (Wildman–Crippen LogP) is 2.95. The van der Waals surface area contributed by atoms with Crippen LogP contribution >= 0.6 is 0 Å². The zero-order valence-electron chi connectivity index (χ0n) is 12.7. The van der Waals surface area contributed by atoms with Crippen LogP contribution < -0.4 is 5.32 Å². The van der Waals surface area contributed by atoms with Crippen molar-refractivity contribution in [3.63, 3.8) is 0 Å². The molecular weight excluding hydrogens is 236 g/mol. The molecule has 110 valence electrons. The van der Waals surface area contributed by atoms with E-state index < -0.39 is 0 Å². The number of carbonyl (C=O) groups excluding carboxylic acids is 1. The molecule has 3 atom stereocenters. The SMILES string of the molecule is CCCC1CCCCN1C(=O)C1CC(CC)CCN1. The third-order valence-electron chi connectivity index (χ3n) is 4.92. The number of amides is 1. The molecule has 2 aliphatic rings. The fourth-order valence-electron chi connectivity index (χ4n) is 3.68. The van der Waals surface area contributed by atoms with Crippen molar-refractivity contribution >= 4 is 5.91 Å². The first-order valence-electron chi connectivity index (χ1n) is 8.30. The minimum atomic E-state index is 0.0937. The van der Waals surface area contributed by atoms with Crippen LogP contribution in [0.2, 0.25) is 0 Å². The van der Waals surface area contributed by atoms with Crippen molar-refractivity contribution in [2.45, 2.75) is 77.3 Å². The molecule has 2 saturated heterocycles. The Hall–Kier alpha value is -0.570. The van der Waals surface area contributed by atoms with Crippen molar-refractivity contribution in [1.29, 1.82) is 0 Å². The Morgan fingerprint density at radius 2 is 2.11 bits per heavy atom. The molecule has 3 unspecified atom stereocenters. The summed E-state index contributed by atoms with van der Waals surface area (Å²) < 4.78 is 0. The Bertz CT molecular complexity index is 290. The molecule has 2 heterocycles. The molecular formula is C16H30N2O. The Balaban J connectivity index is 1.96. The fourth-order valence-corrected chi connectivity index (χ4v) is 3.68. The van der Waals surface area contributed by atoms with Gasteiger partial charge in [-0.15, -0.1) is 0 Å². The van der Waals surface area contributed by atoms with Crippen LogP contribution in [-0.4, -0.2) is 36.0 Å². The quantitative estimate of drug-likeness (QED) is 0.848. The van der Waals surface area contributed by atoms with Crippen molar-refractivity contribution in [3.8, 4) is 0 Å². The second-order valence-corrected chi connectivity index (χ2v) is 6.28. The highest BCUT2D eigenvalue weighted by molar-refractivity contribution is 5.82. The van der Waals surface area contributed by atoms with Gasteiger partial charge >= 0.3 is 0 Å². The first-order valence-corrected chi connectivity index (χ1v) is 8.30. The Morgan fingerprint density at radius 1 is 1.26 bits per heavy atom. The molecule has 1 amide bonds. The summed E-state index contributed by atoms with van der Waals surface area (Å²) in [5, 5.41) is 3.45. The highest BCUT2D eigenvalue weighted by atomic mass is 16.2. The molecule has 2 rings (SSSR count). The largest absolute Gasteiger partial charge is 0.338 e. The third-order valence-corrected chi connectivity index (χ3v) is 4.92. The maximum Gasteiger partial charge on any atom is 0.239 e. The first kappa shape index (κ1) is 14.8. The molecule has 0 aromatic rings. The van der Waals surface area contributed by atoms with Gasteiger partial charge in [-0.3, -0.25) is 4.79 Å². The number of carbonyl (C=O) groups is 1. The summed E-state index contributed by atoms with van der Waals surface area (Å²) in [5.41, 5.74) is 0. The number of rotatable bonds is 4. The summed E-state index contributed by atoms with van der Waals surface area (Å²) in [6.07, 6.45) is 9.55. The molecule has 0 spiro atoms. The maximum absolute atomic E-state index is 12.8. The second kappa shape index (κ2) is 7.28. The van der Waals surface area contributed by atoms with Crippen LogP contribution in [0.3, 0.4) is 0 Å². The minimum absolute atomic E-state index is 0.0937. The number of piperidine rings is 2. The molecule has 0 aliphatic carbocycles. The minimum Gasteiger partial charge on any atom is -0.338 e. The molecule has 1 N–H and O–H groups in total. The lowest BCUT2D eigenvalue weighted by Crippen LogP contribution is -2.54. The number of hydrogen-bond acceptors (Lipinski definition) is 2. The topological polar surface area (TPSA) is 32.3 Å². The van der Waals surface area contributed by atoms with Gasteiger partial charge in [-0.2, -0.15) is 0 Å². The summed E-state index contributed by atoms with van der Waals surface area (Å²) >= 11 is 0. The third kappa shape index (κ3) is 3.71. The van der Waals surface area contributed by atoms with E-state index in [-0.39, 0.29) is 6.04 Å². The lowest BCUT2D eigenvalue weighted by Gasteiger charge is -2.40. The molecule has 0 aromatic carbocycles. The Morgan fingerprint density at radius 3 is 2.84 bits per heavy atom. The van der Waals surface area contributed by atoms with Crippen molar-refractivity contribution in [3.05, 3.63) is 0 Å². The lowest BCUT2D eigenvalue weighted by molar-refractivity contribution is -0.138. The monoisotopic (exact) mass is 266 g/mol. The van der Waals surface area contributed by atoms with E-state index in [1.807, 2.05) is 0 Å². The fraction of sp³-hybridized carbons (Fsp3) is 0.938. The molecule has 3 heteroatoms. The van der Waals surface area contributed by atoms with E-state index >= 15 is 0 Å². The highest BCUT2D eigenvalue weighted by Crippen LogP contribution is 2.25. The van der Waals surface area contributed by atoms with Crippen LogP contribution in [0.25, 0.3) is 0 Å². The van der Waals surface area contributed by atoms with E-state index in [1.54, 1.807) is 0 Å². The maximum atomic E-state index is 12.8. The van der Waals surface area contributed by atoms with Crippen LogP contribution in [-0.2, 0) is 4.79 Å². The van der Waals surface area contributed by atoms with Gasteiger partial charge in [0.2, 0.25) is 5.91 Å². The van der Waals surface area contributed by atoms with Crippen molar-refractivity contribution in [1.82, 2.24) is 10.2 Å². The smallest absolute Gasteiger partial charge is 0.239 e. The van der Waals surface area contributed by atoms with Gasteiger partial charge < -0.3 is 10.2 Å². The normalized spacial score (nSPS) is 32.3. The van der Waals surface area contributed by atoms with Gasteiger partial charge in [-0.25, -0.2) is 0 Å². The predicted molar refractivity (Wildman–Crippen MR) is 79.1 cm³/mol. The molecule has 3 nitrogen and oxygen atoms in total. The van der Waals surface area contributed by atoms with Crippen LogP contribution in [0.15, 0.2) is 0 Å². The van der Waals surface area contributed by atoms with Gasteiger partial charge in [0.25, 0.3) is 0 Å². The van der Waals surface area contributed by atoms with Crippen molar-refractivity contribution in [2.24, 2.45) is 5.92 Å². The van der Waals surface area contributed by atoms with Gasteiger partial charge in [0.05, 0.1) is 6.04 Å². The van der Waals surface area contributed by atoms with Crippen LogP contribution in [0.4, 0.5) is 0 Å². The van der Waals surface area contributed by atoms with Crippen molar-refractivity contribution < 1.29 is 4.79 Å². The van der Waals surface area contributed by atoms with Gasteiger partial charge in [-0.1, -0.05) is 26.7 Å². The zero-order chi connectivity index (χ0) is 13.7. The summed E-state index contributed by atoms with van der Waals surface area (Å²) in [7, 11) is 0. The number of nitrogens with one attached hydrogen (secondary N) is 1. The molecule has 0 radical (unpaired) electrons. The van der Waals surface area contributed by atoms with Gasteiger partial charge in [-0.05, 0) is 51.0 Å². The van der Waals surface area contributed by atoms with Crippen molar-refractivity contribution in [2.75, 3.05) is 13.1 Å². The molecule has 0 saturated carbocycles. The molecule has 0 aromatic heterocycles. The average Bonchev–Trinajstić information content (AvgIpc) is 2.47. The molecule has 2 fully saturated rings. The number of nitrogens with zero attached hydrogens (tertiary/aromatic N) is 1.